The third-order valence-electron chi connectivity index (χ3n) is 4.53. The molecule has 1 fully saturated rings. The Kier molecular flexibility index (Phi) is 5.46. The summed E-state index contributed by atoms with van der Waals surface area (Å²) in [5.41, 5.74) is 0.305. The number of benzene rings is 1. The summed E-state index contributed by atoms with van der Waals surface area (Å²) in [7, 11) is 0. The second-order valence-corrected chi connectivity index (χ2v) is 8.06. The maximum Gasteiger partial charge on any atom is 0.344 e. The zero-order valence-corrected chi connectivity index (χ0v) is 16.9. The smallest absolute Gasteiger partial charge is 0.344 e. The maximum atomic E-state index is 12.7. The van der Waals surface area contributed by atoms with Gasteiger partial charge in [0.15, 0.2) is 6.61 Å². The molecule has 1 unspecified atom stereocenters. The number of amides is 2. The van der Waals surface area contributed by atoms with Gasteiger partial charge in [-0.15, -0.1) is 0 Å². The highest BCUT2D eigenvalue weighted by atomic mass is 16.6. The summed E-state index contributed by atoms with van der Waals surface area (Å²) in [6, 6.07) is 5.77. The number of esters is 1. The molecular formula is C21H24N2O6. The maximum absolute atomic E-state index is 12.7. The van der Waals surface area contributed by atoms with Crippen LogP contribution in [0.15, 0.2) is 29.1 Å². The lowest BCUT2D eigenvalue weighted by molar-refractivity contribution is -0.157. The fraction of sp³-hybridized carbons (Fsp3) is 0.429. The van der Waals surface area contributed by atoms with E-state index in [2.05, 4.69) is 5.32 Å². The minimum Gasteiger partial charge on any atom is -0.482 e. The Labute approximate surface area is 167 Å². The van der Waals surface area contributed by atoms with E-state index in [1.54, 1.807) is 45.9 Å². The Morgan fingerprint density at radius 3 is 2.59 bits per heavy atom. The molecule has 2 heterocycles. The molecule has 1 atom stereocenters. The Hall–Kier alpha value is -3.16. The average Bonchev–Trinajstić information content (AvgIpc) is 2.60. The van der Waals surface area contributed by atoms with Crippen molar-refractivity contribution in [2.45, 2.75) is 52.2 Å². The first-order valence-corrected chi connectivity index (χ1v) is 9.39. The predicted octanol–water partition coefficient (Wildman–Crippen LogP) is 2.01. The van der Waals surface area contributed by atoms with Crippen molar-refractivity contribution in [2.24, 2.45) is 0 Å². The van der Waals surface area contributed by atoms with Gasteiger partial charge in [-0.3, -0.25) is 24.3 Å². The number of carbonyl (C=O) groups excluding carboxylic acids is 3. The lowest BCUT2D eigenvalue weighted by Crippen LogP contribution is -2.44. The van der Waals surface area contributed by atoms with Gasteiger partial charge in [-0.2, -0.15) is 0 Å². The van der Waals surface area contributed by atoms with Gasteiger partial charge < -0.3 is 9.47 Å². The molecule has 0 aliphatic carbocycles. The van der Waals surface area contributed by atoms with Crippen LogP contribution in [0.5, 0.6) is 5.75 Å². The van der Waals surface area contributed by atoms with Crippen molar-refractivity contribution >= 4 is 28.7 Å². The number of pyridine rings is 1. The van der Waals surface area contributed by atoms with Gasteiger partial charge in [0.2, 0.25) is 11.8 Å². The Morgan fingerprint density at radius 1 is 1.21 bits per heavy atom. The molecule has 1 N–H and O–H groups in total. The molecule has 0 radical (unpaired) electrons. The minimum atomic E-state index is -0.788. The molecule has 2 aromatic rings. The number of nitrogens with zero attached hydrogens (tertiary/aromatic N) is 1. The lowest BCUT2D eigenvalue weighted by Gasteiger charge is -2.25. The van der Waals surface area contributed by atoms with E-state index in [0.717, 1.165) is 10.9 Å². The summed E-state index contributed by atoms with van der Waals surface area (Å²) in [6.45, 7) is 6.82. The standard InChI is InChI=1S/C21H24N2O6/c1-12-9-18(25)23(15-7-8-17(24)22-20(15)27)16-10-13(5-6-14(12)16)28-11-19(26)29-21(2,3)4/h5-6,9-10,15H,7-8,11H2,1-4H3,(H,22,24,27). The number of hydrogen-bond acceptors (Lipinski definition) is 6. The summed E-state index contributed by atoms with van der Waals surface area (Å²) in [5, 5.41) is 3.06. The third-order valence-corrected chi connectivity index (χ3v) is 4.53. The van der Waals surface area contributed by atoms with Gasteiger partial charge in [0.05, 0.1) is 5.52 Å². The fourth-order valence-corrected chi connectivity index (χ4v) is 3.35. The van der Waals surface area contributed by atoms with Gasteiger partial charge >= 0.3 is 5.97 Å². The topological polar surface area (TPSA) is 104 Å². The van der Waals surface area contributed by atoms with Crippen LogP contribution in [-0.4, -0.2) is 34.6 Å². The molecule has 1 aliphatic heterocycles. The van der Waals surface area contributed by atoms with E-state index in [0.29, 0.717) is 11.3 Å². The Bertz CT molecular complexity index is 1050. The zero-order chi connectivity index (χ0) is 21.3. The molecule has 0 bridgehead atoms. The molecule has 0 saturated carbocycles. The van der Waals surface area contributed by atoms with E-state index in [1.807, 2.05) is 0 Å². The van der Waals surface area contributed by atoms with Crippen LogP contribution in [0.25, 0.3) is 10.9 Å². The van der Waals surface area contributed by atoms with Crippen molar-refractivity contribution in [3.8, 4) is 5.75 Å². The lowest BCUT2D eigenvalue weighted by atomic mass is 10.0. The Balaban J connectivity index is 1.96. The van der Waals surface area contributed by atoms with Crippen LogP contribution >= 0.6 is 0 Å². The first-order chi connectivity index (χ1) is 13.5. The van der Waals surface area contributed by atoms with Gasteiger partial charge in [0.1, 0.15) is 17.4 Å². The highest BCUT2D eigenvalue weighted by Gasteiger charge is 2.30. The molecule has 29 heavy (non-hydrogen) atoms. The van der Waals surface area contributed by atoms with Gasteiger partial charge in [0, 0.05) is 23.9 Å². The summed E-state index contributed by atoms with van der Waals surface area (Å²) in [4.78, 5) is 48.4. The molecule has 8 heteroatoms. The summed E-state index contributed by atoms with van der Waals surface area (Å²) in [5.74, 6) is -0.996. The zero-order valence-electron chi connectivity index (χ0n) is 16.9. The number of fused-ring (bicyclic) bond motifs is 1. The number of aromatic nitrogens is 1. The van der Waals surface area contributed by atoms with Gasteiger partial charge in [-0.1, -0.05) is 0 Å². The van der Waals surface area contributed by atoms with E-state index in [4.69, 9.17) is 9.47 Å². The predicted molar refractivity (Wildman–Crippen MR) is 106 cm³/mol. The van der Waals surface area contributed by atoms with Crippen molar-refractivity contribution < 1.29 is 23.9 Å². The van der Waals surface area contributed by atoms with E-state index in [-0.39, 0.29) is 30.9 Å². The molecule has 0 spiro atoms. The quantitative estimate of drug-likeness (QED) is 0.622. The number of ether oxygens (including phenoxy) is 2. The molecule has 1 saturated heterocycles. The number of rotatable bonds is 4. The number of carbonyl (C=O) groups is 3. The van der Waals surface area contributed by atoms with Crippen LogP contribution < -0.4 is 15.6 Å². The normalized spacial score (nSPS) is 17.2. The average molecular weight is 400 g/mol. The second-order valence-electron chi connectivity index (χ2n) is 8.06. The molecular weight excluding hydrogens is 376 g/mol. The summed E-state index contributed by atoms with van der Waals surface area (Å²) in [6.07, 6.45) is 0.402. The number of nitrogens with one attached hydrogen (secondary N) is 1. The second kappa shape index (κ2) is 7.69. The van der Waals surface area contributed by atoms with Crippen molar-refractivity contribution in [1.82, 2.24) is 9.88 Å². The first kappa shape index (κ1) is 20.6. The number of hydrogen-bond donors (Lipinski definition) is 1. The summed E-state index contributed by atoms with van der Waals surface area (Å²) < 4.78 is 12.1. The highest BCUT2D eigenvalue weighted by Crippen LogP contribution is 2.27. The monoisotopic (exact) mass is 400 g/mol. The van der Waals surface area contributed by atoms with Gasteiger partial charge in [-0.25, -0.2) is 4.79 Å². The van der Waals surface area contributed by atoms with Crippen LogP contribution in [0, 0.1) is 6.92 Å². The van der Waals surface area contributed by atoms with Crippen LogP contribution in [-0.2, 0) is 19.1 Å². The largest absolute Gasteiger partial charge is 0.482 e. The third kappa shape index (κ3) is 4.64. The van der Waals surface area contributed by atoms with Crippen LogP contribution in [0.4, 0.5) is 0 Å². The highest BCUT2D eigenvalue weighted by molar-refractivity contribution is 6.00. The molecule has 2 amide bonds. The minimum absolute atomic E-state index is 0.160. The molecule has 1 aromatic heterocycles. The number of imide groups is 1. The van der Waals surface area contributed by atoms with E-state index in [1.165, 1.54) is 10.6 Å². The van der Waals surface area contributed by atoms with Crippen LogP contribution in [0.3, 0.4) is 0 Å². The molecule has 154 valence electrons. The van der Waals surface area contributed by atoms with Crippen molar-refractivity contribution in [2.75, 3.05) is 6.61 Å². The molecule has 8 nitrogen and oxygen atoms in total. The molecule has 1 aliphatic rings. The van der Waals surface area contributed by atoms with Crippen LogP contribution in [0.1, 0.15) is 45.2 Å². The van der Waals surface area contributed by atoms with Crippen LogP contribution in [0.2, 0.25) is 0 Å². The fourth-order valence-electron chi connectivity index (χ4n) is 3.35. The van der Waals surface area contributed by atoms with Crippen molar-refractivity contribution in [3.63, 3.8) is 0 Å². The SMILES string of the molecule is Cc1cc(=O)n(C2CCC(=O)NC2=O)c2cc(OCC(=O)OC(C)(C)C)ccc12. The van der Waals surface area contributed by atoms with Crippen molar-refractivity contribution in [3.05, 3.63) is 40.2 Å². The van der Waals surface area contributed by atoms with Crippen molar-refractivity contribution in [1.29, 1.82) is 0 Å². The van der Waals surface area contributed by atoms with E-state index < -0.39 is 23.5 Å². The number of aryl methyl sites for hydroxylation is 1. The molecule has 1 aromatic carbocycles. The molecule has 3 rings (SSSR count). The van der Waals surface area contributed by atoms with E-state index in [9.17, 15) is 19.2 Å². The summed E-state index contributed by atoms with van der Waals surface area (Å²) >= 11 is 0. The van der Waals surface area contributed by atoms with Gasteiger partial charge in [-0.05, 0) is 51.8 Å². The Morgan fingerprint density at radius 2 is 1.93 bits per heavy atom. The van der Waals surface area contributed by atoms with Gasteiger partial charge in [0.25, 0.3) is 5.56 Å². The van der Waals surface area contributed by atoms with E-state index >= 15 is 0 Å². The first-order valence-electron chi connectivity index (χ1n) is 9.39. The number of piperidine rings is 1.